The highest BCUT2D eigenvalue weighted by atomic mass is 16.5. The lowest BCUT2D eigenvalue weighted by Gasteiger charge is -2.11. The number of hydrogen-bond donors (Lipinski definition) is 3. The molecule has 0 radical (unpaired) electrons. The highest BCUT2D eigenvalue weighted by molar-refractivity contribution is 5.98. The molecule has 6 nitrogen and oxygen atoms in total. The molecular weight excluding hydrogens is 366 g/mol. The van der Waals surface area contributed by atoms with Crippen molar-refractivity contribution in [2.24, 2.45) is 0 Å². The fourth-order valence-electron chi connectivity index (χ4n) is 2.71. The van der Waals surface area contributed by atoms with E-state index in [0.29, 0.717) is 17.9 Å². The van der Waals surface area contributed by atoms with Crippen LogP contribution in [-0.4, -0.2) is 25.4 Å². The largest absolute Gasteiger partial charge is 0.489 e. The molecule has 0 spiro atoms. The molecule has 148 valence electrons. The number of ether oxygens (including phenoxy) is 1. The summed E-state index contributed by atoms with van der Waals surface area (Å²) in [5, 5.41) is 8.42. The van der Waals surface area contributed by atoms with Gasteiger partial charge >= 0.3 is 0 Å². The van der Waals surface area contributed by atoms with Gasteiger partial charge in [0.05, 0.1) is 6.54 Å². The maximum atomic E-state index is 12.2. The van der Waals surface area contributed by atoms with E-state index < -0.39 is 0 Å². The van der Waals surface area contributed by atoms with E-state index >= 15 is 0 Å². The third-order valence-electron chi connectivity index (χ3n) is 4.17. The molecule has 0 aromatic heterocycles. The summed E-state index contributed by atoms with van der Waals surface area (Å²) in [6.07, 6.45) is 0. The lowest BCUT2D eigenvalue weighted by molar-refractivity contribution is -0.114. The molecular formula is C23H23N3O3. The molecule has 0 heterocycles. The summed E-state index contributed by atoms with van der Waals surface area (Å²) in [5.41, 5.74) is 2.92. The highest BCUT2D eigenvalue weighted by Crippen LogP contribution is 2.18. The molecule has 3 rings (SSSR count). The van der Waals surface area contributed by atoms with Gasteiger partial charge in [-0.2, -0.15) is 0 Å². The summed E-state index contributed by atoms with van der Waals surface area (Å²) in [6.45, 7) is 0.568. The van der Waals surface area contributed by atoms with Crippen molar-refractivity contribution < 1.29 is 14.3 Å². The fraction of sp³-hybridized carbons (Fsp3) is 0.130. The maximum Gasteiger partial charge on any atom is 0.251 e. The van der Waals surface area contributed by atoms with Gasteiger partial charge in [0.15, 0.2) is 0 Å². The number of benzene rings is 3. The third kappa shape index (κ3) is 6.10. The Labute approximate surface area is 169 Å². The first-order chi connectivity index (χ1) is 14.1. The summed E-state index contributed by atoms with van der Waals surface area (Å²) < 4.78 is 5.80. The quantitative estimate of drug-likeness (QED) is 0.549. The molecule has 0 aliphatic heterocycles. The number of carbonyl (C=O) groups excluding carboxylic acids is 2. The SMILES string of the molecule is CNC(=O)c1cccc(NC(=O)CNc2cccc(OCc3ccccc3)c2)c1. The Morgan fingerprint density at radius 2 is 1.62 bits per heavy atom. The number of amides is 2. The second-order valence-corrected chi connectivity index (χ2v) is 6.36. The molecule has 29 heavy (non-hydrogen) atoms. The van der Waals surface area contributed by atoms with Crippen LogP contribution in [0.4, 0.5) is 11.4 Å². The van der Waals surface area contributed by atoms with Crippen molar-refractivity contribution in [3.8, 4) is 5.75 Å². The molecule has 3 aromatic rings. The van der Waals surface area contributed by atoms with Gasteiger partial charge in [-0.15, -0.1) is 0 Å². The highest BCUT2D eigenvalue weighted by Gasteiger charge is 2.07. The Kier molecular flexibility index (Phi) is 6.84. The number of anilines is 2. The van der Waals surface area contributed by atoms with Gasteiger partial charge in [-0.25, -0.2) is 0 Å². The van der Waals surface area contributed by atoms with Crippen LogP contribution in [0.1, 0.15) is 15.9 Å². The van der Waals surface area contributed by atoms with Crippen molar-refractivity contribution in [3.05, 3.63) is 90.0 Å². The summed E-state index contributed by atoms with van der Waals surface area (Å²) in [4.78, 5) is 23.9. The van der Waals surface area contributed by atoms with Gasteiger partial charge in [0.2, 0.25) is 5.91 Å². The van der Waals surface area contributed by atoms with E-state index in [0.717, 1.165) is 17.0 Å². The van der Waals surface area contributed by atoms with Crippen LogP contribution in [0.5, 0.6) is 5.75 Å². The average Bonchev–Trinajstić information content (AvgIpc) is 2.77. The molecule has 3 aromatic carbocycles. The van der Waals surface area contributed by atoms with E-state index in [1.54, 1.807) is 31.3 Å². The van der Waals surface area contributed by atoms with E-state index in [4.69, 9.17) is 4.74 Å². The average molecular weight is 389 g/mol. The number of hydrogen-bond acceptors (Lipinski definition) is 4. The van der Waals surface area contributed by atoms with Gasteiger partial charge in [0, 0.05) is 30.1 Å². The fourth-order valence-corrected chi connectivity index (χ4v) is 2.71. The van der Waals surface area contributed by atoms with Gasteiger partial charge in [0.1, 0.15) is 12.4 Å². The van der Waals surface area contributed by atoms with E-state index in [1.165, 1.54) is 0 Å². The van der Waals surface area contributed by atoms with E-state index in [1.807, 2.05) is 54.6 Å². The zero-order chi connectivity index (χ0) is 20.5. The molecule has 0 aliphatic carbocycles. The maximum absolute atomic E-state index is 12.2. The van der Waals surface area contributed by atoms with Crippen molar-refractivity contribution in [2.75, 3.05) is 24.2 Å². The van der Waals surface area contributed by atoms with Crippen LogP contribution < -0.4 is 20.7 Å². The monoisotopic (exact) mass is 389 g/mol. The minimum atomic E-state index is -0.213. The predicted octanol–water partition coefficient (Wildman–Crippen LogP) is 3.68. The summed E-state index contributed by atoms with van der Waals surface area (Å²) >= 11 is 0. The van der Waals surface area contributed by atoms with E-state index in [2.05, 4.69) is 16.0 Å². The van der Waals surface area contributed by atoms with Crippen LogP contribution in [0.3, 0.4) is 0 Å². The van der Waals surface area contributed by atoms with E-state index in [-0.39, 0.29) is 18.4 Å². The van der Waals surface area contributed by atoms with Crippen LogP contribution in [0.15, 0.2) is 78.9 Å². The Hall–Kier alpha value is -3.80. The molecule has 0 unspecified atom stereocenters. The molecule has 2 amide bonds. The number of carbonyl (C=O) groups is 2. The molecule has 0 aliphatic rings. The van der Waals surface area contributed by atoms with Gasteiger partial charge in [-0.3, -0.25) is 9.59 Å². The third-order valence-corrected chi connectivity index (χ3v) is 4.17. The topological polar surface area (TPSA) is 79.5 Å². The Morgan fingerprint density at radius 3 is 2.41 bits per heavy atom. The van der Waals surface area contributed by atoms with Crippen molar-refractivity contribution in [2.45, 2.75) is 6.61 Å². The molecule has 0 saturated carbocycles. The normalized spacial score (nSPS) is 10.1. The molecule has 3 N–H and O–H groups in total. The van der Waals surface area contributed by atoms with Crippen molar-refractivity contribution in [1.82, 2.24) is 5.32 Å². The Bertz CT molecular complexity index is 974. The molecule has 6 heteroatoms. The number of rotatable bonds is 8. The molecule has 0 bridgehead atoms. The first-order valence-corrected chi connectivity index (χ1v) is 9.27. The van der Waals surface area contributed by atoms with Crippen LogP contribution >= 0.6 is 0 Å². The lowest BCUT2D eigenvalue weighted by Crippen LogP contribution is -2.22. The lowest BCUT2D eigenvalue weighted by atomic mass is 10.2. The first-order valence-electron chi connectivity index (χ1n) is 9.27. The minimum Gasteiger partial charge on any atom is -0.489 e. The summed E-state index contributed by atoms with van der Waals surface area (Å²) in [5.74, 6) is 0.304. The second kappa shape index (κ2) is 9.94. The standard InChI is InChI=1S/C23H23N3O3/c1-24-23(28)18-9-5-11-20(13-18)26-22(27)15-25-19-10-6-12-21(14-19)29-16-17-7-3-2-4-8-17/h2-14,25H,15-16H2,1H3,(H,24,28)(H,26,27). The summed E-state index contributed by atoms with van der Waals surface area (Å²) in [6, 6.07) is 24.2. The van der Waals surface area contributed by atoms with E-state index in [9.17, 15) is 9.59 Å². The Balaban J connectivity index is 1.52. The molecule has 0 fully saturated rings. The number of nitrogens with one attached hydrogen (secondary N) is 3. The van der Waals surface area contributed by atoms with Crippen LogP contribution in [0.25, 0.3) is 0 Å². The zero-order valence-electron chi connectivity index (χ0n) is 16.1. The van der Waals surface area contributed by atoms with Crippen molar-refractivity contribution in [3.63, 3.8) is 0 Å². The smallest absolute Gasteiger partial charge is 0.251 e. The van der Waals surface area contributed by atoms with Gasteiger partial charge < -0.3 is 20.7 Å². The van der Waals surface area contributed by atoms with Crippen LogP contribution in [0, 0.1) is 0 Å². The van der Waals surface area contributed by atoms with Gasteiger partial charge in [-0.05, 0) is 35.9 Å². The first kappa shape index (κ1) is 19.9. The molecule has 0 atom stereocenters. The zero-order valence-corrected chi connectivity index (χ0v) is 16.1. The van der Waals surface area contributed by atoms with Crippen LogP contribution in [0.2, 0.25) is 0 Å². The van der Waals surface area contributed by atoms with Crippen molar-refractivity contribution in [1.29, 1.82) is 0 Å². The summed E-state index contributed by atoms with van der Waals surface area (Å²) in [7, 11) is 1.56. The van der Waals surface area contributed by atoms with Crippen LogP contribution in [-0.2, 0) is 11.4 Å². The second-order valence-electron chi connectivity index (χ2n) is 6.36. The Morgan fingerprint density at radius 1 is 0.862 bits per heavy atom. The minimum absolute atomic E-state index is 0.0896. The van der Waals surface area contributed by atoms with Gasteiger partial charge in [0.25, 0.3) is 5.91 Å². The predicted molar refractivity (Wildman–Crippen MR) is 114 cm³/mol. The van der Waals surface area contributed by atoms with Gasteiger partial charge in [-0.1, -0.05) is 42.5 Å². The molecule has 0 saturated heterocycles. The van der Waals surface area contributed by atoms with Crippen molar-refractivity contribution >= 4 is 23.2 Å².